The van der Waals surface area contributed by atoms with Crippen LogP contribution >= 0.6 is 11.6 Å². The van der Waals surface area contributed by atoms with E-state index in [9.17, 15) is 25.1 Å². The summed E-state index contributed by atoms with van der Waals surface area (Å²) in [5.74, 6) is -0.673. The Bertz CT molecular complexity index is 526. The Balaban J connectivity index is 2.37. The van der Waals surface area contributed by atoms with E-state index in [-0.39, 0.29) is 23.7 Å². The highest BCUT2D eigenvalue weighted by Gasteiger charge is 2.36. The van der Waals surface area contributed by atoms with E-state index in [4.69, 9.17) is 11.6 Å². The Labute approximate surface area is 113 Å². The molecule has 2 unspecified atom stereocenters. The Kier molecular flexibility index (Phi) is 3.70. The molecule has 7 nitrogen and oxygen atoms in total. The summed E-state index contributed by atoms with van der Waals surface area (Å²) in [6, 6.07) is 3.94. The van der Waals surface area contributed by atoms with Gasteiger partial charge >= 0.3 is 0 Å². The summed E-state index contributed by atoms with van der Waals surface area (Å²) in [7, 11) is 0. The van der Waals surface area contributed by atoms with Crippen molar-refractivity contribution in [2.24, 2.45) is 0 Å². The fourth-order valence-electron chi connectivity index (χ4n) is 1.97. The summed E-state index contributed by atoms with van der Waals surface area (Å²) in [6.07, 6.45) is -2.10. The largest absolute Gasteiger partial charge is 0.388 e. The molecule has 1 aromatic rings. The Morgan fingerprint density at radius 3 is 2.47 bits per heavy atom. The minimum atomic E-state index is -1.05. The zero-order valence-electron chi connectivity index (χ0n) is 9.69. The highest BCUT2D eigenvalue weighted by Crippen LogP contribution is 2.28. The average molecular weight is 287 g/mol. The van der Waals surface area contributed by atoms with Crippen LogP contribution in [0, 0.1) is 10.1 Å². The third-order valence-electron chi connectivity index (χ3n) is 2.95. The number of halogens is 1. The van der Waals surface area contributed by atoms with Crippen molar-refractivity contribution in [3.63, 3.8) is 0 Å². The van der Waals surface area contributed by atoms with Crippen molar-refractivity contribution in [3.05, 3.63) is 38.9 Å². The van der Waals surface area contributed by atoms with Crippen LogP contribution in [0.1, 0.15) is 10.4 Å². The predicted molar refractivity (Wildman–Crippen MR) is 66.0 cm³/mol. The number of amides is 1. The topological polar surface area (TPSA) is 104 Å². The minimum absolute atomic E-state index is 0.0323. The first kappa shape index (κ1) is 13.7. The highest BCUT2D eigenvalue weighted by atomic mass is 35.5. The van der Waals surface area contributed by atoms with Crippen LogP contribution in [0.4, 0.5) is 5.69 Å². The quantitative estimate of drug-likeness (QED) is 0.606. The molecule has 0 radical (unpaired) electrons. The van der Waals surface area contributed by atoms with Crippen LogP contribution in [-0.4, -0.2) is 51.2 Å². The second-order valence-electron chi connectivity index (χ2n) is 4.24. The van der Waals surface area contributed by atoms with Gasteiger partial charge in [-0.2, -0.15) is 0 Å². The van der Waals surface area contributed by atoms with Gasteiger partial charge in [0.15, 0.2) is 0 Å². The maximum Gasteiger partial charge on any atom is 0.283 e. The summed E-state index contributed by atoms with van der Waals surface area (Å²) in [5, 5.41) is 29.7. The third kappa shape index (κ3) is 2.53. The number of aliphatic hydroxyl groups excluding tert-OH is 2. The van der Waals surface area contributed by atoms with Gasteiger partial charge in [0.1, 0.15) is 5.56 Å². The number of benzene rings is 1. The maximum atomic E-state index is 12.2. The van der Waals surface area contributed by atoms with E-state index in [1.54, 1.807) is 0 Å². The number of hydrogen-bond donors (Lipinski definition) is 2. The van der Waals surface area contributed by atoms with Crippen LogP contribution < -0.4 is 0 Å². The number of nitro groups is 1. The number of carbonyl (C=O) groups is 1. The van der Waals surface area contributed by atoms with E-state index in [0.29, 0.717) is 0 Å². The molecule has 0 aromatic heterocycles. The van der Waals surface area contributed by atoms with Gasteiger partial charge in [0, 0.05) is 19.2 Å². The van der Waals surface area contributed by atoms with Gasteiger partial charge in [0.2, 0.25) is 0 Å². The molecular formula is C11H11ClN2O5. The van der Waals surface area contributed by atoms with E-state index in [2.05, 4.69) is 0 Å². The summed E-state index contributed by atoms with van der Waals surface area (Å²) in [4.78, 5) is 23.5. The number of rotatable bonds is 2. The van der Waals surface area contributed by atoms with Crippen LogP contribution in [0.5, 0.6) is 0 Å². The molecule has 1 heterocycles. The number of aliphatic hydroxyl groups is 2. The molecule has 1 aliphatic rings. The molecule has 8 heteroatoms. The molecule has 1 saturated heterocycles. The van der Waals surface area contributed by atoms with Crippen molar-refractivity contribution < 1.29 is 19.9 Å². The van der Waals surface area contributed by atoms with Gasteiger partial charge in [-0.1, -0.05) is 17.7 Å². The lowest BCUT2D eigenvalue weighted by atomic mass is 10.1. The molecule has 1 amide bonds. The van der Waals surface area contributed by atoms with Crippen molar-refractivity contribution in [1.29, 1.82) is 0 Å². The second kappa shape index (κ2) is 5.12. The van der Waals surface area contributed by atoms with Gasteiger partial charge in [0.05, 0.1) is 22.2 Å². The zero-order chi connectivity index (χ0) is 14.2. The molecule has 1 aromatic carbocycles. The number of β-amino-alcohol motifs (C(OH)–C–C–N with tert-alkyl or cyclic N) is 2. The smallest absolute Gasteiger partial charge is 0.283 e. The number of likely N-dealkylation sites (tertiary alicyclic amines) is 1. The number of hydrogen-bond acceptors (Lipinski definition) is 5. The van der Waals surface area contributed by atoms with Crippen LogP contribution in [0.15, 0.2) is 18.2 Å². The number of nitro benzene ring substituents is 1. The fraction of sp³-hybridized carbons (Fsp3) is 0.364. The average Bonchev–Trinajstić information content (AvgIpc) is 2.68. The van der Waals surface area contributed by atoms with Crippen molar-refractivity contribution in [1.82, 2.24) is 4.90 Å². The maximum absolute atomic E-state index is 12.2. The first-order valence-electron chi connectivity index (χ1n) is 5.50. The first-order chi connectivity index (χ1) is 8.91. The standard InChI is InChI=1S/C11H11ClN2O5/c12-6-2-1-3-7(14(18)19)10(6)11(17)13-4-8(15)9(16)5-13/h1-3,8-9,15-16H,4-5H2. The molecule has 2 N–H and O–H groups in total. The minimum Gasteiger partial charge on any atom is -0.388 e. The Morgan fingerprint density at radius 2 is 1.95 bits per heavy atom. The van der Waals surface area contributed by atoms with E-state index in [1.165, 1.54) is 18.2 Å². The molecule has 0 aliphatic carbocycles. The van der Waals surface area contributed by atoms with E-state index < -0.39 is 28.7 Å². The predicted octanol–water partition coefficient (Wildman–Crippen LogP) is 0.426. The molecule has 2 rings (SSSR count). The summed E-state index contributed by atoms with van der Waals surface area (Å²) < 4.78 is 0. The molecule has 1 fully saturated rings. The fourth-order valence-corrected chi connectivity index (χ4v) is 2.22. The lowest BCUT2D eigenvalue weighted by Crippen LogP contribution is -2.30. The van der Waals surface area contributed by atoms with Gasteiger partial charge in [0.25, 0.3) is 11.6 Å². The lowest BCUT2D eigenvalue weighted by molar-refractivity contribution is -0.385. The van der Waals surface area contributed by atoms with Gasteiger partial charge in [-0.25, -0.2) is 0 Å². The Morgan fingerprint density at radius 1 is 1.37 bits per heavy atom. The summed E-state index contributed by atoms with van der Waals surface area (Å²) >= 11 is 5.84. The van der Waals surface area contributed by atoms with Gasteiger partial charge in [-0.3, -0.25) is 14.9 Å². The van der Waals surface area contributed by atoms with Gasteiger partial charge < -0.3 is 15.1 Å². The molecule has 0 bridgehead atoms. The number of carbonyl (C=O) groups excluding carboxylic acids is 1. The monoisotopic (exact) mass is 286 g/mol. The Hall–Kier alpha value is -1.70. The molecule has 102 valence electrons. The third-order valence-corrected chi connectivity index (χ3v) is 3.26. The lowest BCUT2D eigenvalue weighted by Gasteiger charge is -2.16. The molecule has 1 aliphatic heterocycles. The van der Waals surface area contributed by atoms with Crippen LogP contribution in [0.3, 0.4) is 0 Å². The molecule has 0 saturated carbocycles. The van der Waals surface area contributed by atoms with Gasteiger partial charge in [-0.15, -0.1) is 0 Å². The second-order valence-corrected chi connectivity index (χ2v) is 4.64. The van der Waals surface area contributed by atoms with Crippen molar-refractivity contribution in [2.75, 3.05) is 13.1 Å². The van der Waals surface area contributed by atoms with Crippen molar-refractivity contribution in [3.8, 4) is 0 Å². The molecule has 2 atom stereocenters. The normalized spacial score (nSPS) is 22.6. The summed E-state index contributed by atoms with van der Waals surface area (Å²) in [5.41, 5.74) is -0.621. The molecular weight excluding hydrogens is 276 g/mol. The van der Waals surface area contributed by atoms with Crippen LogP contribution in [0.25, 0.3) is 0 Å². The van der Waals surface area contributed by atoms with Crippen LogP contribution in [-0.2, 0) is 0 Å². The molecule has 0 spiro atoms. The van der Waals surface area contributed by atoms with Crippen LogP contribution in [0.2, 0.25) is 5.02 Å². The van der Waals surface area contributed by atoms with Gasteiger partial charge in [-0.05, 0) is 6.07 Å². The van der Waals surface area contributed by atoms with E-state index in [0.717, 1.165) is 4.90 Å². The van der Waals surface area contributed by atoms with E-state index in [1.807, 2.05) is 0 Å². The van der Waals surface area contributed by atoms with Crippen molar-refractivity contribution >= 4 is 23.2 Å². The number of nitrogens with zero attached hydrogens (tertiary/aromatic N) is 2. The van der Waals surface area contributed by atoms with Crippen molar-refractivity contribution in [2.45, 2.75) is 12.2 Å². The summed E-state index contributed by atoms with van der Waals surface area (Å²) in [6.45, 7) is -0.162. The highest BCUT2D eigenvalue weighted by molar-refractivity contribution is 6.34. The first-order valence-corrected chi connectivity index (χ1v) is 5.88. The molecule has 19 heavy (non-hydrogen) atoms. The zero-order valence-corrected chi connectivity index (χ0v) is 10.4. The van der Waals surface area contributed by atoms with E-state index >= 15 is 0 Å². The SMILES string of the molecule is O=C(c1c(Cl)cccc1[N+](=O)[O-])N1CC(O)C(O)C1.